The van der Waals surface area contributed by atoms with E-state index in [1.807, 2.05) is 49.5 Å². The molecule has 190 valence electrons. The number of hydrogen-bond acceptors (Lipinski definition) is 6. The zero-order valence-electron chi connectivity index (χ0n) is 21.0. The number of imidazole rings is 1. The molecule has 2 unspecified atom stereocenters. The topological polar surface area (TPSA) is 75.9 Å². The summed E-state index contributed by atoms with van der Waals surface area (Å²) in [5.41, 5.74) is 4.38. The van der Waals surface area contributed by atoms with E-state index in [2.05, 4.69) is 24.2 Å². The van der Waals surface area contributed by atoms with Gasteiger partial charge in [0, 0.05) is 60.8 Å². The van der Waals surface area contributed by atoms with Crippen molar-refractivity contribution in [2.24, 2.45) is 0 Å². The maximum Gasteiger partial charge on any atom is 0.273 e. The fraction of sp³-hybridized carbons (Fsp3) is 0.357. The van der Waals surface area contributed by atoms with E-state index < -0.39 is 0 Å². The number of aryl methyl sites for hydroxylation is 1. The van der Waals surface area contributed by atoms with E-state index in [1.54, 1.807) is 19.4 Å². The number of halogens is 1. The second-order valence-electron chi connectivity index (χ2n) is 9.87. The first-order valence-electron chi connectivity index (χ1n) is 12.7. The molecule has 8 nitrogen and oxygen atoms in total. The fourth-order valence-electron chi connectivity index (χ4n) is 5.76. The summed E-state index contributed by atoms with van der Waals surface area (Å²) in [6.45, 7) is 4.26. The molecular weight excluding hydrogens is 488 g/mol. The SMILES string of the molecule is COc1ccc(C)c(C(=O)N2C3CCCC2CN(Cc2c(-c4ccc(Cl)cc4)nc4ncccn24)C3)n1. The van der Waals surface area contributed by atoms with Crippen LogP contribution in [-0.2, 0) is 6.54 Å². The van der Waals surface area contributed by atoms with Crippen molar-refractivity contribution in [1.82, 2.24) is 29.2 Å². The van der Waals surface area contributed by atoms with Crippen LogP contribution in [-0.4, -0.2) is 67.3 Å². The molecule has 5 heterocycles. The number of benzene rings is 1. The first-order valence-corrected chi connectivity index (χ1v) is 13.0. The molecule has 2 aliphatic heterocycles. The van der Waals surface area contributed by atoms with Crippen molar-refractivity contribution in [1.29, 1.82) is 0 Å². The summed E-state index contributed by atoms with van der Waals surface area (Å²) in [5.74, 6) is 1.15. The number of pyridine rings is 1. The number of ether oxygens (including phenoxy) is 1. The van der Waals surface area contributed by atoms with Gasteiger partial charge in [-0.3, -0.25) is 14.1 Å². The van der Waals surface area contributed by atoms with Crippen molar-refractivity contribution in [2.75, 3.05) is 20.2 Å². The van der Waals surface area contributed by atoms with Gasteiger partial charge < -0.3 is 9.64 Å². The molecule has 3 aromatic heterocycles. The average molecular weight is 517 g/mol. The summed E-state index contributed by atoms with van der Waals surface area (Å²) >= 11 is 6.15. The van der Waals surface area contributed by atoms with Gasteiger partial charge in [0.15, 0.2) is 0 Å². The molecule has 0 radical (unpaired) electrons. The molecule has 2 aliphatic rings. The highest BCUT2D eigenvalue weighted by atomic mass is 35.5. The van der Waals surface area contributed by atoms with Gasteiger partial charge in [-0.05, 0) is 49.9 Å². The van der Waals surface area contributed by atoms with Crippen LogP contribution < -0.4 is 4.74 Å². The first kappa shape index (κ1) is 23.9. The van der Waals surface area contributed by atoms with Gasteiger partial charge in [0.1, 0.15) is 5.69 Å². The zero-order chi connectivity index (χ0) is 25.5. The number of nitrogens with zero attached hydrogens (tertiary/aromatic N) is 6. The number of methoxy groups -OCH3 is 1. The molecule has 2 saturated heterocycles. The normalized spacial score (nSPS) is 19.8. The fourth-order valence-corrected chi connectivity index (χ4v) is 5.88. The number of carbonyl (C=O) groups is 1. The Bertz CT molecular complexity index is 1440. The van der Waals surface area contributed by atoms with Crippen LogP contribution in [0.3, 0.4) is 0 Å². The Morgan fingerprint density at radius 3 is 2.57 bits per heavy atom. The quantitative estimate of drug-likeness (QED) is 0.384. The highest BCUT2D eigenvalue weighted by Gasteiger charge is 2.41. The lowest BCUT2D eigenvalue weighted by atomic mass is 9.90. The molecule has 4 aromatic rings. The van der Waals surface area contributed by atoms with Gasteiger partial charge >= 0.3 is 0 Å². The molecule has 1 aromatic carbocycles. The van der Waals surface area contributed by atoms with Crippen LogP contribution >= 0.6 is 11.6 Å². The number of hydrogen-bond donors (Lipinski definition) is 0. The van der Waals surface area contributed by atoms with Crippen molar-refractivity contribution < 1.29 is 9.53 Å². The van der Waals surface area contributed by atoms with Crippen LogP contribution in [0.2, 0.25) is 5.02 Å². The van der Waals surface area contributed by atoms with Crippen molar-refractivity contribution in [3.8, 4) is 17.1 Å². The lowest BCUT2D eigenvalue weighted by molar-refractivity contribution is -0.00431. The Kier molecular flexibility index (Phi) is 6.30. The van der Waals surface area contributed by atoms with Gasteiger partial charge in [-0.25, -0.2) is 15.0 Å². The third-order valence-corrected chi connectivity index (χ3v) is 7.76. The van der Waals surface area contributed by atoms with Gasteiger partial charge in [-0.2, -0.15) is 0 Å². The molecule has 6 rings (SSSR count). The number of rotatable bonds is 5. The summed E-state index contributed by atoms with van der Waals surface area (Å²) in [7, 11) is 1.58. The molecular formula is C28H29ClN6O2. The molecule has 2 bridgehead atoms. The third kappa shape index (κ3) is 4.45. The standard InChI is InChI=1S/C28H29ClN6O2/c1-18-7-12-24(37-2)31-25(18)27(36)35-21-5-3-6-22(35)16-33(15-21)17-23-26(19-8-10-20(29)11-9-19)32-28-30-13-4-14-34(23)28/h4,7-14,21-22H,3,5-6,15-17H2,1-2H3. The van der Waals surface area contributed by atoms with Crippen molar-refractivity contribution in [3.05, 3.63) is 76.8 Å². The summed E-state index contributed by atoms with van der Waals surface area (Å²) < 4.78 is 7.37. The zero-order valence-corrected chi connectivity index (χ0v) is 21.7. The maximum absolute atomic E-state index is 13.7. The van der Waals surface area contributed by atoms with Crippen LogP contribution in [0.4, 0.5) is 0 Å². The van der Waals surface area contributed by atoms with E-state index in [0.717, 1.165) is 61.4 Å². The van der Waals surface area contributed by atoms with Gasteiger partial charge in [0.2, 0.25) is 11.7 Å². The van der Waals surface area contributed by atoms with Gasteiger partial charge in [0.25, 0.3) is 5.91 Å². The lowest BCUT2D eigenvalue weighted by Crippen LogP contribution is -2.62. The minimum absolute atomic E-state index is 0.00612. The second kappa shape index (κ2) is 9.76. The number of piperidine rings is 1. The molecule has 0 aliphatic carbocycles. The van der Waals surface area contributed by atoms with E-state index in [1.165, 1.54) is 0 Å². The molecule has 2 fully saturated rings. The molecule has 9 heteroatoms. The molecule has 0 spiro atoms. The Morgan fingerprint density at radius 1 is 1.08 bits per heavy atom. The molecule has 37 heavy (non-hydrogen) atoms. The minimum Gasteiger partial charge on any atom is -0.481 e. The average Bonchev–Trinajstić information content (AvgIpc) is 3.27. The van der Waals surface area contributed by atoms with E-state index in [4.69, 9.17) is 21.3 Å². The molecule has 0 saturated carbocycles. The number of carbonyl (C=O) groups excluding carboxylic acids is 1. The highest BCUT2D eigenvalue weighted by Crippen LogP contribution is 2.33. The van der Waals surface area contributed by atoms with Gasteiger partial charge in [0.05, 0.1) is 18.5 Å². The summed E-state index contributed by atoms with van der Waals surface area (Å²) in [6, 6.07) is 13.7. The predicted molar refractivity (Wildman–Crippen MR) is 142 cm³/mol. The number of aromatic nitrogens is 4. The Hall–Kier alpha value is -3.49. The van der Waals surface area contributed by atoms with E-state index in [-0.39, 0.29) is 18.0 Å². The Labute approximate surface area is 220 Å². The van der Waals surface area contributed by atoms with Crippen molar-refractivity contribution >= 4 is 23.3 Å². The Morgan fingerprint density at radius 2 is 1.84 bits per heavy atom. The van der Waals surface area contributed by atoms with Crippen LogP contribution in [0.5, 0.6) is 5.88 Å². The van der Waals surface area contributed by atoms with Crippen LogP contribution in [0, 0.1) is 6.92 Å². The molecule has 2 atom stereocenters. The van der Waals surface area contributed by atoms with E-state index in [0.29, 0.717) is 22.4 Å². The maximum atomic E-state index is 13.7. The van der Waals surface area contributed by atoms with Crippen LogP contribution in [0.15, 0.2) is 54.9 Å². The summed E-state index contributed by atoms with van der Waals surface area (Å²) in [4.78, 5) is 32.1. The summed E-state index contributed by atoms with van der Waals surface area (Å²) in [6.07, 6.45) is 6.89. The van der Waals surface area contributed by atoms with Crippen LogP contribution in [0.1, 0.15) is 41.0 Å². The highest BCUT2D eigenvalue weighted by molar-refractivity contribution is 6.30. The van der Waals surface area contributed by atoms with E-state index >= 15 is 0 Å². The second-order valence-corrected chi connectivity index (χ2v) is 10.3. The molecule has 0 N–H and O–H groups in total. The number of piperazine rings is 1. The first-order chi connectivity index (χ1) is 18.0. The number of amides is 1. The monoisotopic (exact) mass is 516 g/mol. The van der Waals surface area contributed by atoms with Gasteiger partial charge in [-0.1, -0.05) is 29.8 Å². The van der Waals surface area contributed by atoms with Crippen molar-refractivity contribution in [3.63, 3.8) is 0 Å². The lowest BCUT2D eigenvalue weighted by Gasteiger charge is -2.50. The summed E-state index contributed by atoms with van der Waals surface area (Å²) in [5, 5.41) is 0.696. The smallest absolute Gasteiger partial charge is 0.273 e. The largest absolute Gasteiger partial charge is 0.481 e. The van der Waals surface area contributed by atoms with Crippen LogP contribution in [0.25, 0.3) is 17.0 Å². The molecule has 1 amide bonds. The third-order valence-electron chi connectivity index (χ3n) is 7.51. The Balaban J connectivity index is 1.29. The van der Waals surface area contributed by atoms with E-state index in [9.17, 15) is 4.79 Å². The van der Waals surface area contributed by atoms with Crippen molar-refractivity contribution in [2.45, 2.75) is 44.8 Å². The van der Waals surface area contributed by atoms with Gasteiger partial charge in [-0.15, -0.1) is 0 Å². The number of likely N-dealkylation sites (tertiary alicyclic amines) is 1. The number of fused-ring (bicyclic) bond motifs is 3. The minimum atomic E-state index is 0.00612. The predicted octanol–water partition coefficient (Wildman–Crippen LogP) is 4.64.